The van der Waals surface area contributed by atoms with E-state index in [2.05, 4.69) is 25.7 Å². The van der Waals surface area contributed by atoms with Gasteiger partial charge in [-0.05, 0) is 32.6 Å². The van der Waals surface area contributed by atoms with Gasteiger partial charge in [0.15, 0.2) is 14.4 Å². The molecule has 0 amide bonds. The van der Waals surface area contributed by atoms with Gasteiger partial charge in [-0.15, -0.1) is 0 Å². The molecule has 0 rings (SSSR count). The molecule has 0 saturated carbocycles. The highest BCUT2D eigenvalue weighted by atomic mass is 28.4. The van der Waals surface area contributed by atoms with E-state index >= 15 is 0 Å². The van der Waals surface area contributed by atoms with Crippen LogP contribution in [0, 0.1) is 11.3 Å². The Morgan fingerprint density at radius 2 is 1.92 bits per heavy atom. The van der Waals surface area contributed by atoms with Crippen molar-refractivity contribution in [1.82, 2.24) is 0 Å². The third-order valence-corrected chi connectivity index (χ3v) is 2.16. The first kappa shape index (κ1) is 12.1. The number of hydrogen-bond donors (Lipinski definition) is 0. The summed E-state index contributed by atoms with van der Waals surface area (Å²) in [7, 11) is -1.60. The molecule has 0 bridgehead atoms. The minimum atomic E-state index is -1.60. The summed E-state index contributed by atoms with van der Waals surface area (Å²) in [6, 6.07) is 2.11. The molecule has 0 fully saturated rings. The van der Waals surface area contributed by atoms with Crippen molar-refractivity contribution in [2.45, 2.75) is 32.7 Å². The zero-order valence-corrected chi connectivity index (χ0v) is 9.74. The Hall–Kier alpha value is -0.853. The zero-order chi connectivity index (χ0) is 10.3. The molecular weight excluding hydrogens is 178 g/mol. The number of rotatable bonds is 4. The van der Waals surface area contributed by atoms with Gasteiger partial charge in [-0.25, -0.2) is 0 Å². The Labute approximate surface area is 81.7 Å². The predicted octanol–water partition coefficient (Wildman–Crippen LogP) is 2.86. The van der Waals surface area contributed by atoms with Gasteiger partial charge in [-0.1, -0.05) is 18.2 Å². The maximum Gasteiger partial charge on any atom is 0.185 e. The Morgan fingerprint density at radius 1 is 1.31 bits per heavy atom. The number of hydrogen-bond acceptors (Lipinski definition) is 2. The monoisotopic (exact) mass is 195 g/mol. The van der Waals surface area contributed by atoms with E-state index in [0.29, 0.717) is 0 Å². The summed E-state index contributed by atoms with van der Waals surface area (Å²) < 4.78 is 5.59. The van der Waals surface area contributed by atoms with Gasteiger partial charge >= 0.3 is 0 Å². The molecule has 0 aliphatic heterocycles. The molecule has 1 atom stereocenters. The van der Waals surface area contributed by atoms with Gasteiger partial charge in [0.25, 0.3) is 0 Å². The number of allylic oxidation sites excluding steroid dienone is 3. The van der Waals surface area contributed by atoms with Crippen molar-refractivity contribution < 1.29 is 4.43 Å². The Morgan fingerprint density at radius 3 is 2.31 bits per heavy atom. The lowest BCUT2D eigenvalue weighted by Gasteiger charge is -2.19. The summed E-state index contributed by atoms with van der Waals surface area (Å²) in [5.41, 5.74) is 0. The van der Waals surface area contributed by atoms with Gasteiger partial charge in [-0.3, -0.25) is 0 Å². The molecule has 0 aromatic carbocycles. The molecule has 0 saturated heterocycles. The highest BCUT2D eigenvalue weighted by Gasteiger charge is 2.18. The predicted molar refractivity (Wildman–Crippen MR) is 57.8 cm³/mol. The van der Waals surface area contributed by atoms with Crippen LogP contribution >= 0.6 is 0 Å². The number of nitrogens with zero attached hydrogens (tertiary/aromatic N) is 1. The van der Waals surface area contributed by atoms with E-state index in [0.717, 1.165) is 0 Å². The molecule has 0 N–H and O–H groups in total. The minimum absolute atomic E-state index is 0.400. The standard InChI is InChI=1S/C10H17NOSi/c1-5-6-7-8-10(9-11)12-13(2,3)4/h5-8,10H,1-4H3. The molecule has 2 nitrogen and oxygen atoms in total. The van der Waals surface area contributed by atoms with E-state index in [4.69, 9.17) is 9.69 Å². The van der Waals surface area contributed by atoms with Gasteiger partial charge in [-0.2, -0.15) is 5.26 Å². The van der Waals surface area contributed by atoms with Crippen LogP contribution in [0.3, 0.4) is 0 Å². The molecule has 3 heteroatoms. The van der Waals surface area contributed by atoms with E-state index in [-0.39, 0.29) is 0 Å². The van der Waals surface area contributed by atoms with Gasteiger partial charge in [0.1, 0.15) is 0 Å². The van der Waals surface area contributed by atoms with E-state index in [1.54, 1.807) is 6.08 Å². The van der Waals surface area contributed by atoms with Crippen LogP contribution in [0.15, 0.2) is 24.3 Å². The quantitative estimate of drug-likeness (QED) is 0.510. The van der Waals surface area contributed by atoms with Crippen molar-refractivity contribution in [3.8, 4) is 6.07 Å². The maximum atomic E-state index is 8.76. The normalized spacial score (nSPS) is 15.0. The van der Waals surface area contributed by atoms with E-state index in [1.807, 2.05) is 25.2 Å². The fourth-order valence-electron chi connectivity index (χ4n) is 0.766. The molecule has 72 valence electrons. The van der Waals surface area contributed by atoms with Crippen LogP contribution in [0.5, 0.6) is 0 Å². The molecule has 0 aromatic heterocycles. The summed E-state index contributed by atoms with van der Waals surface area (Å²) in [6.07, 6.45) is 7.02. The summed E-state index contributed by atoms with van der Waals surface area (Å²) >= 11 is 0. The molecule has 13 heavy (non-hydrogen) atoms. The summed E-state index contributed by atoms with van der Waals surface area (Å²) in [5.74, 6) is 0. The van der Waals surface area contributed by atoms with E-state index < -0.39 is 14.4 Å². The summed E-state index contributed by atoms with van der Waals surface area (Å²) in [6.45, 7) is 8.15. The first-order chi connectivity index (χ1) is 5.99. The van der Waals surface area contributed by atoms with Crippen LogP contribution in [0.25, 0.3) is 0 Å². The smallest absolute Gasteiger partial charge is 0.185 e. The maximum absolute atomic E-state index is 8.76. The van der Waals surface area contributed by atoms with Crippen molar-refractivity contribution in [2.75, 3.05) is 0 Å². The Bertz CT molecular complexity index is 232. The lowest BCUT2D eigenvalue weighted by Crippen LogP contribution is -2.30. The van der Waals surface area contributed by atoms with E-state index in [1.165, 1.54) is 0 Å². The summed E-state index contributed by atoms with van der Waals surface area (Å²) in [4.78, 5) is 0. The lowest BCUT2D eigenvalue weighted by atomic mass is 10.3. The highest BCUT2D eigenvalue weighted by molar-refractivity contribution is 6.69. The Balaban J connectivity index is 4.14. The van der Waals surface area contributed by atoms with Crippen molar-refractivity contribution in [2.24, 2.45) is 0 Å². The average molecular weight is 195 g/mol. The highest BCUT2D eigenvalue weighted by Crippen LogP contribution is 2.07. The van der Waals surface area contributed by atoms with Crippen molar-refractivity contribution in [1.29, 1.82) is 5.26 Å². The van der Waals surface area contributed by atoms with Crippen LogP contribution in [-0.4, -0.2) is 14.4 Å². The molecule has 1 unspecified atom stereocenters. The fraction of sp³-hybridized carbons (Fsp3) is 0.500. The fourth-order valence-corrected chi connectivity index (χ4v) is 1.66. The number of nitriles is 1. The third-order valence-electron chi connectivity index (χ3n) is 1.20. The molecule has 0 aromatic rings. The lowest BCUT2D eigenvalue weighted by molar-refractivity contribution is 0.296. The molecule has 0 heterocycles. The molecule has 0 aliphatic carbocycles. The second kappa shape index (κ2) is 5.73. The SMILES string of the molecule is CC=CC=CC(C#N)O[Si](C)(C)C. The van der Waals surface area contributed by atoms with Crippen LogP contribution in [-0.2, 0) is 4.43 Å². The second-order valence-electron chi connectivity index (χ2n) is 3.69. The third kappa shape index (κ3) is 7.51. The van der Waals surface area contributed by atoms with E-state index in [9.17, 15) is 0 Å². The van der Waals surface area contributed by atoms with Gasteiger partial charge in [0.2, 0.25) is 0 Å². The minimum Gasteiger partial charge on any atom is -0.399 e. The summed E-state index contributed by atoms with van der Waals surface area (Å²) in [5, 5.41) is 8.76. The second-order valence-corrected chi connectivity index (χ2v) is 8.15. The van der Waals surface area contributed by atoms with Crippen molar-refractivity contribution in [3.05, 3.63) is 24.3 Å². The topological polar surface area (TPSA) is 33.0 Å². The van der Waals surface area contributed by atoms with Gasteiger partial charge in [0, 0.05) is 0 Å². The average Bonchev–Trinajstić information content (AvgIpc) is 2.01. The van der Waals surface area contributed by atoms with Crippen LogP contribution in [0.1, 0.15) is 6.92 Å². The van der Waals surface area contributed by atoms with Gasteiger partial charge in [0.05, 0.1) is 6.07 Å². The largest absolute Gasteiger partial charge is 0.399 e. The van der Waals surface area contributed by atoms with Crippen LogP contribution < -0.4 is 0 Å². The Kier molecular flexibility index (Phi) is 5.36. The van der Waals surface area contributed by atoms with Crippen molar-refractivity contribution >= 4 is 8.32 Å². The van der Waals surface area contributed by atoms with Gasteiger partial charge < -0.3 is 4.43 Å². The van der Waals surface area contributed by atoms with Crippen molar-refractivity contribution in [3.63, 3.8) is 0 Å². The zero-order valence-electron chi connectivity index (χ0n) is 8.74. The first-order valence-corrected chi connectivity index (χ1v) is 7.77. The first-order valence-electron chi connectivity index (χ1n) is 4.36. The van der Waals surface area contributed by atoms with Crippen LogP contribution in [0.2, 0.25) is 19.6 Å². The molecule has 0 aliphatic rings. The van der Waals surface area contributed by atoms with Crippen LogP contribution in [0.4, 0.5) is 0 Å². The molecule has 0 spiro atoms. The molecular formula is C10H17NOSi. The molecule has 0 radical (unpaired) electrons.